The van der Waals surface area contributed by atoms with E-state index in [1.165, 1.54) is 9.79 Å². The summed E-state index contributed by atoms with van der Waals surface area (Å²) >= 11 is 1.78. The topological polar surface area (TPSA) is 64.1 Å². The number of rotatable bonds is 2. The number of nitrogens with two attached hydrogens (primary N) is 2. The normalized spacial score (nSPS) is 12.0. The standard InChI is InChI=1S/C24H19N3S/c25-19-5-1-3-15(11-19)17-7-9-21-23(13-17)28-24-14-18(8-10-22(24)27-21)16-4-2-6-20(26)12-16/h1-14,27H,25-26H2. The van der Waals surface area contributed by atoms with Crippen LogP contribution in [0.1, 0.15) is 0 Å². The zero-order valence-corrected chi connectivity index (χ0v) is 16.0. The molecule has 1 heterocycles. The second-order valence-corrected chi connectivity index (χ2v) is 7.98. The first-order valence-electron chi connectivity index (χ1n) is 9.10. The van der Waals surface area contributed by atoms with Crippen molar-refractivity contribution >= 4 is 34.5 Å². The number of nitrogens with one attached hydrogen (secondary N) is 1. The van der Waals surface area contributed by atoms with E-state index in [2.05, 4.69) is 53.8 Å². The maximum absolute atomic E-state index is 5.95. The van der Waals surface area contributed by atoms with Crippen molar-refractivity contribution in [3.05, 3.63) is 84.9 Å². The molecule has 5 N–H and O–H groups in total. The first-order valence-corrected chi connectivity index (χ1v) is 9.92. The second-order valence-electron chi connectivity index (χ2n) is 6.90. The summed E-state index contributed by atoms with van der Waals surface area (Å²) in [6.07, 6.45) is 0. The minimum Gasteiger partial charge on any atom is -0.399 e. The molecule has 0 aromatic heterocycles. The number of nitrogen functional groups attached to an aromatic ring is 2. The van der Waals surface area contributed by atoms with Gasteiger partial charge in [-0.2, -0.15) is 0 Å². The van der Waals surface area contributed by atoms with Crippen molar-refractivity contribution in [3.63, 3.8) is 0 Å². The molecule has 0 atom stereocenters. The maximum atomic E-state index is 5.95. The lowest BCUT2D eigenvalue weighted by Crippen LogP contribution is -2.00. The number of hydrogen-bond donors (Lipinski definition) is 3. The summed E-state index contributed by atoms with van der Waals surface area (Å²) in [6, 6.07) is 29.0. The Kier molecular flexibility index (Phi) is 3.99. The van der Waals surface area contributed by atoms with Crippen LogP contribution in [0.2, 0.25) is 0 Å². The molecule has 0 amide bonds. The predicted molar refractivity (Wildman–Crippen MR) is 120 cm³/mol. The Bertz CT molecular complexity index is 1110. The van der Waals surface area contributed by atoms with E-state index < -0.39 is 0 Å². The van der Waals surface area contributed by atoms with E-state index in [1.807, 2.05) is 36.4 Å². The lowest BCUT2D eigenvalue weighted by Gasteiger charge is -2.22. The fourth-order valence-corrected chi connectivity index (χ4v) is 4.55. The molecule has 136 valence electrons. The Labute approximate surface area is 168 Å². The molecule has 0 saturated carbocycles. The zero-order valence-electron chi connectivity index (χ0n) is 15.1. The van der Waals surface area contributed by atoms with Crippen molar-refractivity contribution in [1.82, 2.24) is 0 Å². The van der Waals surface area contributed by atoms with Crippen LogP contribution in [-0.4, -0.2) is 0 Å². The van der Waals surface area contributed by atoms with Gasteiger partial charge in [0.1, 0.15) is 0 Å². The van der Waals surface area contributed by atoms with Gasteiger partial charge in [0, 0.05) is 21.2 Å². The Morgan fingerprint density at radius 3 is 1.46 bits per heavy atom. The molecule has 0 bridgehead atoms. The van der Waals surface area contributed by atoms with Crippen LogP contribution in [0.25, 0.3) is 22.3 Å². The van der Waals surface area contributed by atoms with Crippen LogP contribution in [0.15, 0.2) is 94.7 Å². The molecule has 0 aliphatic carbocycles. The minimum absolute atomic E-state index is 0.776. The number of benzene rings is 4. The minimum atomic E-state index is 0.776. The number of fused-ring (bicyclic) bond motifs is 2. The van der Waals surface area contributed by atoms with E-state index in [9.17, 15) is 0 Å². The fourth-order valence-electron chi connectivity index (χ4n) is 3.48. The van der Waals surface area contributed by atoms with Crippen LogP contribution < -0.4 is 16.8 Å². The third-order valence-electron chi connectivity index (χ3n) is 4.89. The summed E-state index contributed by atoms with van der Waals surface area (Å²) in [7, 11) is 0. The van der Waals surface area contributed by atoms with Crippen molar-refractivity contribution in [2.75, 3.05) is 16.8 Å². The van der Waals surface area contributed by atoms with Crippen molar-refractivity contribution in [3.8, 4) is 22.3 Å². The summed E-state index contributed by atoms with van der Waals surface area (Å²) in [6.45, 7) is 0. The SMILES string of the molecule is Nc1cccc(-c2ccc3c(c2)Sc2cc(-c4cccc(N)c4)ccc2N3)c1. The van der Waals surface area contributed by atoms with Crippen molar-refractivity contribution in [2.45, 2.75) is 9.79 Å². The summed E-state index contributed by atoms with van der Waals surface area (Å²) in [4.78, 5) is 2.41. The van der Waals surface area contributed by atoms with Gasteiger partial charge < -0.3 is 16.8 Å². The summed E-state index contributed by atoms with van der Waals surface area (Å²) < 4.78 is 0. The van der Waals surface area contributed by atoms with Crippen LogP contribution >= 0.6 is 11.8 Å². The smallest absolute Gasteiger partial charge is 0.0526 e. The quantitative estimate of drug-likeness (QED) is 0.310. The Morgan fingerprint density at radius 2 is 1.00 bits per heavy atom. The second kappa shape index (κ2) is 6.66. The van der Waals surface area contributed by atoms with Gasteiger partial charge in [-0.1, -0.05) is 48.2 Å². The molecule has 1 aliphatic rings. The van der Waals surface area contributed by atoms with Crippen LogP contribution in [0.3, 0.4) is 0 Å². The maximum Gasteiger partial charge on any atom is 0.0526 e. The molecule has 3 nitrogen and oxygen atoms in total. The van der Waals surface area contributed by atoms with Gasteiger partial charge in [-0.25, -0.2) is 0 Å². The van der Waals surface area contributed by atoms with Gasteiger partial charge in [-0.15, -0.1) is 0 Å². The fraction of sp³-hybridized carbons (Fsp3) is 0. The lowest BCUT2D eigenvalue weighted by atomic mass is 10.0. The lowest BCUT2D eigenvalue weighted by molar-refractivity contribution is 1.31. The molecular formula is C24H19N3S. The van der Waals surface area contributed by atoms with E-state index in [0.717, 1.165) is 45.0 Å². The van der Waals surface area contributed by atoms with E-state index in [-0.39, 0.29) is 0 Å². The molecule has 1 aliphatic heterocycles. The molecule has 0 unspecified atom stereocenters. The van der Waals surface area contributed by atoms with Crippen LogP contribution in [0.4, 0.5) is 22.7 Å². The van der Waals surface area contributed by atoms with Crippen LogP contribution in [-0.2, 0) is 0 Å². The first-order chi connectivity index (χ1) is 13.7. The molecule has 0 radical (unpaired) electrons. The molecule has 0 fully saturated rings. The van der Waals surface area contributed by atoms with Crippen molar-refractivity contribution in [2.24, 2.45) is 0 Å². The Balaban J connectivity index is 1.51. The molecule has 28 heavy (non-hydrogen) atoms. The molecule has 0 saturated heterocycles. The highest BCUT2D eigenvalue weighted by molar-refractivity contribution is 7.99. The largest absolute Gasteiger partial charge is 0.399 e. The Morgan fingerprint density at radius 1 is 0.536 bits per heavy atom. The van der Waals surface area contributed by atoms with Gasteiger partial charge in [0.15, 0.2) is 0 Å². The monoisotopic (exact) mass is 381 g/mol. The molecular weight excluding hydrogens is 362 g/mol. The summed E-state index contributed by atoms with van der Waals surface area (Å²) in [5.41, 5.74) is 20.3. The van der Waals surface area contributed by atoms with E-state index in [4.69, 9.17) is 11.5 Å². The molecule has 4 aromatic rings. The first kappa shape index (κ1) is 16.8. The number of anilines is 4. The highest BCUT2D eigenvalue weighted by Gasteiger charge is 2.17. The van der Waals surface area contributed by atoms with Gasteiger partial charge in [0.05, 0.1) is 11.4 Å². The van der Waals surface area contributed by atoms with Crippen LogP contribution in [0.5, 0.6) is 0 Å². The van der Waals surface area contributed by atoms with Gasteiger partial charge in [-0.05, 0) is 70.8 Å². The third kappa shape index (κ3) is 3.08. The average Bonchev–Trinajstić information content (AvgIpc) is 2.71. The summed E-state index contributed by atoms with van der Waals surface area (Å²) in [5, 5.41) is 3.55. The van der Waals surface area contributed by atoms with E-state index >= 15 is 0 Å². The average molecular weight is 382 g/mol. The predicted octanol–water partition coefficient (Wildman–Crippen LogP) is 6.39. The zero-order chi connectivity index (χ0) is 19.1. The number of hydrogen-bond acceptors (Lipinski definition) is 4. The highest BCUT2D eigenvalue weighted by atomic mass is 32.2. The summed E-state index contributed by atoms with van der Waals surface area (Å²) in [5.74, 6) is 0. The van der Waals surface area contributed by atoms with Crippen molar-refractivity contribution < 1.29 is 0 Å². The Hall–Kier alpha value is -3.37. The van der Waals surface area contributed by atoms with Gasteiger partial charge in [-0.3, -0.25) is 0 Å². The van der Waals surface area contributed by atoms with Crippen molar-refractivity contribution in [1.29, 1.82) is 0 Å². The molecule has 5 rings (SSSR count). The highest BCUT2D eigenvalue weighted by Crippen LogP contribution is 2.46. The third-order valence-corrected chi connectivity index (χ3v) is 6.01. The van der Waals surface area contributed by atoms with E-state index in [1.54, 1.807) is 11.8 Å². The molecule has 4 heteroatoms. The van der Waals surface area contributed by atoms with E-state index in [0.29, 0.717) is 0 Å². The van der Waals surface area contributed by atoms with Gasteiger partial charge in [0.25, 0.3) is 0 Å². The molecule has 0 spiro atoms. The van der Waals surface area contributed by atoms with Gasteiger partial charge in [0.2, 0.25) is 0 Å². The molecule has 4 aromatic carbocycles. The van der Waals surface area contributed by atoms with Crippen LogP contribution in [0, 0.1) is 0 Å². The van der Waals surface area contributed by atoms with Gasteiger partial charge >= 0.3 is 0 Å².